The summed E-state index contributed by atoms with van der Waals surface area (Å²) in [4.78, 5) is 12.5. The number of nitrogens with one attached hydrogen (secondary N) is 1. The Kier molecular flexibility index (Phi) is 6.92. The summed E-state index contributed by atoms with van der Waals surface area (Å²) in [6, 6.07) is 9.80. The van der Waals surface area contributed by atoms with Crippen LogP contribution in [-0.4, -0.2) is 38.3 Å². The largest absolute Gasteiger partial charge is 0.492 e. The van der Waals surface area contributed by atoms with Gasteiger partial charge in [-0.05, 0) is 37.3 Å². The molecule has 0 saturated heterocycles. The van der Waals surface area contributed by atoms with Crippen molar-refractivity contribution in [3.05, 3.63) is 53.8 Å². The summed E-state index contributed by atoms with van der Waals surface area (Å²) in [7, 11) is -3.71. The van der Waals surface area contributed by atoms with Crippen LogP contribution in [-0.2, 0) is 10.0 Å². The number of benzene rings is 2. The van der Waals surface area contributed by atoms with Gasteiger partial charge in [-0.25, -0.2) is 12.8 Å². The molecule has 1 amide bonds. The molecule has 2 aromatic rings. The van der Waals surface area contributed by atoms with E-state index in [0.29, 0.717) is 25.4 Å². The van der Waals surface area contributed by atoms with Crippen molar-refractivity contribution in [3.63, 3.8) is 0 Å². The van der Waals surface area contributed by atoms with Crippen LogP contribution in [0.5, 0.6) is 5.75 Å². The van der Waals surface area contributed by atoms with E-state index in [-0.39, 0.29) is 16.1 Å². The first-order valence-electron chi connectivity index (χ1n) is 8.68. The van der Waals surface area contributed by atoms with Crippen molar-refractivity contribution in [1.29, 1.82) is 0 Å². The van der Waals surface area contributed by atoms with Gasteiger partial charge in [-0.3, -0.25) is 4.79 Å². The van der Waals surface area contributed by atoms with E-state index in [1.807, 2.05) is 0 Å². The van der Waals surface area contributed by atoms with E-state index in [1.165, 1.54) is 40.7 Å². The summed E-state index contributed by atoms with van der Waals surface area (Å²) in [5.41, 5.74) is 0.0234. The maximum atomic E-state index is 13.9. The molecule has 0 saturated carbocycles. The van der Waals surface area contributed by atoms with E-state index in [0.717, 1.165) is 0 Å². The van der Waals surface area contributed by atoms with E-state index in [9.17, 15) is 17.6 Å². The van der Waals surface area contributed by atoms with Crippen LogP contribution in [0.25, 0.3) is 0 Å². The lowest BCUT2D eigenvalue weighted by Crippen LogP contribution is -2.30. The first kappa shape index (κ1) is 20.9. The third-order valence-corrected chi connectivity index (χ3v) is 6.01. The molecule has 6 nitrogen and oxygen atoms in total. The standard InChI is InChI=1S/C19H23FN2O4S/c1-4-22(5-2)27(24,25)14-11-12-18(26-6-3)17(13-14)21-19(23)15-9-7-8-10-16(15)20/h7-13H,4-6H2,1-3H3,(H,21,23). The molecule has 0 fully saturated rings. The number of rotatable bonds is 8. The minimum Gasteiger partial charge on any atom is -0.492 e. The molecular weight excluding hydrogens is 371 g/mol. The van der Waals surface area contributed by atoms with E-state index in [1.54, 1.807) is 26.8 Å². The number of hydrogen-bond donors (Lipinski definition) is 1. The number of hydrogen-bond acceptors (Lipinski definition) is 4. The predicted molar refractivity (Wildman–Crippen MR) is 102 cm³/mol. The second-order valence-corrected chi connectivity index (χ2v) is 7.55. The molecule has 0 aliphatic carbocycles. The summed E-state index contributed by atoms with van der Waals surface area (Å²) in [6.07, 6.45) is 0. The highest BCUT2D eigenvalue weighted by atomic mass is 32.2. The summed E-state index contributed by atoms with van der Waals surface area (Å²) in [5.74, 6) is -1.05. The van der Waals surface area contributed by atoms with E-state index in [4.69, 9.17) is 4.74 Å². The molecular formula is C19H23FN2O4S. The molecule has 0 unspecified atom stereocenters. The second kappa shape index (κ2) is 8.96. The Bertz CT molecular complexity index is 912. The molecule has 2 rings (SSSR count). The van der Waals surface area contributed by atoms with Gasteiger partial charge in [-0.2, -0.15) is 4.31 Å². The van der Waals surface area contributed by atoms with Crippen LogP contribution in [0.4, 0.5) is 10.1 Å². The van der Waals surface area contributed by atoms with Gasteiger partial charge >= 0.3 is 0 Å². The van der Waals surface area contributed by atoms with Gasteiger partial charge in [0.25, 0.3) is 5.91 Å². The van der Waals surface area contributed by atoms with Crippen molar-refractivity contribution in [1.82, 2.24) is 4.31 Å². The number of ether oxygens (including phenoxy) is 1. The molecule has 2 aromatic carbocycles. The van der Waals surface area contributed by atoms with Crippen molar-refractivity contribution in [3.8, 4) is 5.75 Å². The van der Waals surface area contributed by atoms with Crippen molar-refractivity contribution in [2.45, 2.75) is 25.7 Å². The van der Waals surface area contributed by atoms with Crippen LogP contribution in [0.1, 0.15) is 31.1 Å². The molecule has 0 aromatic heterocycles. The lowest BCUT2D eigenvalue weighted by molar-refractivity contribution is 0.102. The monoisotopic (exact) mass is 394 g/mol. The van der Waals surface area contributed by atoms with Crippen LogP contribution in [0.3, 0.4) is 0 Å². The predicted octanol–water partition coefficient (Wildman–Crippen LogP) is 3.51. The summed E-state index contributed by atoms with van der Waals surface area (Å²) >= 11 is 0. The quantitative estimate of drug-likeness (QED) is 0.743. The Morgan fingerprint density at radius 3 is 2.37 bits per heavy atom. The highest BCUT2D eigenvalue weighted by Crippen LogP contribution is 2.30. The zero-order valence-corrected chi connectivity index (χ0v) is 16.3. The Hall–Kier alpha value is -2.45. The highest BCUT2D eigenvalue weighted by molar-refractivity contribution is 7.89. The summed E-state index contributed by atoms with van der Waals surface area (Å²) in [6.45, 7) is 6.23. The number of carbonyl (C=O) groups excluding carboxylic acids is 1. The van der Waals surface area contributed by atoms with Crippen molar-refractivity contribution in [2.75, 3.05) is 25.0 Å². The maximum Gasteiger partial charge on any atom is 0.258 e. The summed E-state index contributed by atoms with van der Waals surface area (Å²) in [5, 5.41) is 2.55. The van der Waals surface area contributed by atoms with Gasteiger partial charge in [0.1, 0.15) is 11.6 Å². The molecule has 1 N–H and O–H groups in total. The Balaban J connectivity index is 2.44. The third kappa shape index (κ3) is 4.64. The number of nitrogens with zero attached hydrogens (tertiary/aromatic N) is 1. The summed E-state index contributed by atoms with van der Waals surface area (Å²) < 4.78 is 46.1. The number of carbonyl (C=O) groups is 1. The SMILES string of the molecule is CCOc1ccc(S(=O)(=O)N(CC)CC)cc1NC(=O)c1ccccc1F. The molecule has 0 aliphatic heterocycles. The highest BCUT2D eigenvalue weighted by Gasteiger charge is 2.23. The smallest absolute Gasteiger partial charge is 0.258 e. The molecule has 8 heteroatoms. The minimum atomic E-state index is -3.71. The Morgan fingerprint density at radius 2 is 1.78 bits per heavy atom. The number of sulfonamides is 1. The van der Waals surface area contributed by atoms with Crippen molar-refractivity contribution >= 4 is 21.6 Å². The van der Waals surface area contributed by atoms with Crippen LogP contribution in [0.15, 0.2) is 47.4 Å². The first-order valence-corrected chi connectivity index (χ1v) is 10.1. The van der Waals surface area contributed by atoms with E-state index >= 15 is 0 Å². The van der Waals surface area contributed by atoms with Crippen LogP contribution in [0, 0.1) is 5.82 Å². The van der Waals surface area contributed by atoms with Gasteiger partial charge in [0.2, 0.25) is 10.0 Å². The Morgan fingerprint density at radius 1 is 1.11 bits per heavy atom. The number of halogens is 1. The van der Waals surface area contributed by atoms with Gasteiger partial charge < -0.3 is 10.1 Å². The van der Waals surface area contributed by atoms with Crippen LogP contribution in [0.2, 0.25) is 0 Å². The fourth-order valence-corrected chi connectivity index (χ4v) is 4.08. The second-order valence-electron chi connectivity index (χ2n) is 5.61. The fourth-order valence-electron chi connectivity index (χ4n) is 2.60. The molecule has 0 atom stereocenters. The van der Waals surface area contributed by atoms with Gasteiger partial charge in [-0.1, -0.05) is 26.0 Å². The van der Waals surface area contributed by atoms with Gasteiger partial charge in [0.05, 0.1) is 22.8 Å². The van der Waals surface area contributed by atoms with Crippen LogP contribution >= 0.6 is 0 Å². The average molecular weight is 394 g/mol. The molecule has 0 bridgehead atoms. The zero-order valence-electron chi connectivity index (χ0n) is 15.5. The lowest BCUT2D eigenvalue weighted by atomic mass is 10.2. The normalized spacial score (nSPS) is 11.4. The molecule has 0 spiro atoms. The number of anilines is 1. The third-order valence-electron chi connectivity index (χ3n) is 3.96. The molecule has 146 valence electrons. The maximum absolute atomic E-state index is 13.9. The van der Waals surface area contributed by atoms with Gasteiger partial charge in [0, 0.05) is 13.1 Å². The van der Waals surface area contributed by atoms with Crippen molar-refractivity contribution < 1.29 is 22.3 Å². The molecule has 0 heterocycles. The Labute approximate surface area is 159 Å². The topological polar surface area (TPSA) is 75.7 Å². The van der Waals surface area contributed by atoms with Gasteiger partial charge in [0.15, 0.2) is 0 Å². The van der Waals surface area contributed by atoms with Gasteiger partial charge in [-0.15, -0.1) is 0 Å². The first-order chi connectivity index (χ1) is 12.8. The average Bonchev–Trinajstić information content (AvgIpc) is 2.64. The minimum absolute atomic E-state index is 0.0264. The van der Waals surface area contributed by atoms with E-state index < -0.39 is 21.7 Å². The number of amides is 1. The lowest BCUT2D eigenvalue weighted by Gasteiger charge is -2.20. The fraction of sp³-hybridized carbons (Fsp3) is 0.316. The molecule has 0 radical (unpaired) electrons. The zero-order chi connectivity index (χ0) is 20.0. The van der Waals surface area contributed by atoms with E-state index in [2.05, 4.69) is 5.32 Å². The van der Waals surface area contributed by atoms with Crippen LogP contribution < -0.4 is 10.1 Å². The molecule has 27 heavy (non-hydrogen) atoms. The molecule has 0 aliphatic rings. The van der Waals surface area contributed by atoms with Crippen molar-refractivity contribution in [2.24, 2.45) is 0 Å².